The zero-order chi connectivity index (χ0) is 17.9. The molecule has 2 rings (SSSR count). The molecule has 0 spiro atoms. The monoisotopic (exact) mass is 350 g/mol. The largest absolute Gasteiger partial charge is 0.493 e. The molecule has 0 aliphatic heterocycles. The highest BCUT2D eigenvalue weighted by atomic mass is 32.1. The Hall–Kier alpha value is -2.35. The van der Waals surface area contributed by atoms with Gasteiger partial charge in [-0.05, 0) is 24.4 Å². The molecule has 2 aromatic rings. The third kappa shape index (κ3) is 3.59. The summed E-state index contributed by atoms with van der Waals surface area (Å²) in [6.45, 7) is 6.14. The van der Waals surface area contributed by atoms with Crippen molar-refractivity contribution in [3.05, 3.63) is 28.3 Å². The van der Waals surface area contributed by atoms with Gasteiger partial charge in [-0.1, -0.05) is 20.8 Å². The first-order valence-corrected chi connectivity index (χ1v) is 7.75. The maximum absolute atomic E-state index is 5.35. The molecule has 7 nitrogen and oxygen atoms in total. The molecule has 1 aromatic heterocycles. The lowest BCUT2D eigenvalue weighted by atomic mass is 9.96. The Kier molecular flexibility index (Phi) is 5.28. The van der Waals surface area contributed by atoms with E-state index < -0.39 is 0 Å². The summed E-state index contributed by atoms with van der Waals surface area (Å²) in [7, 11) is 4.71. The third-order valence-corrected chi connectivity index (χ3v) is 3.59. The molecule has 0 atom stereocenters. The van der Waals surface area contributed by atoms with Crippen LogP contribution in [-0.4, -0.2) is 42.4 Å². The van der Waals surface area contributed by atoms with E-state index in [1.165, 1.54) is 0 Å². The van der Waals surface area contributed by atoms with Crippen LogP contribution in [0.15, 0.2) is 17.2 Å². The number of H-pyrrole nitrogens is 1. The van der Waals surface area contributed by atoms with Crippen molar-refractivity contribution in [2.24, 2.45) is 5.10 Å². The van der Waals surface area contributed by atoms with Crippen LogP contribution in [0.3, 0.4) is 0 Å². The van der Waals surface area contributed by atoms with Crippen LogP contribution in [0.1, 0.15) is 32.2 Å². The van der Waals surface area contributed by atoms with E-state index in [0.717, 1.165) is 11.4 Å². The first-order chi connectivity index (χ1) is 11.3. The van der Waals surface area contributed by atoms with E-state index in [-0.39, 0.29) is 5.41 Å². The quantitative estimate of drug-likeness (QED) is 0.662. The second-order valence-electron chi connectivity index (χ2n) is 6.12. The Balaban J connectivity index is 2.47. The van der Waals surface area contributed by atoms with Crippen molar-refractivity contribution in [2.45, 2.75) is 26.2 Å². The standard InChI is InChI=1S/C16H22N4O3S/c1-16(2,3)14-18-19-15(24)20(14)17-9-10-7-11(21-4)13(23-6)12(8-10)22-5/h7-9H,1-6H3,(H,19,24)/b17-9-. The minimum Gasteiger partial charge on any atom is -0.493 e. The number of methoxy groups -OCH3 is 3. The first-order valence-electron chi connectivity index (χ1n) is 7.34. The fourth-order valence-electron chi connectivity index (χ4n) is 2.18. The van der Waals surface area contributed by atoms with Gasteiger partial charge in [0.1, 0.15) is 0 Å². The molecule has 0 radical (unpaired) electrons. The van der Waals surface area contributed by atoms with Gasteiger partial charge >= 0.3 is 0 Å². The van der Waals surface area contributed by atoms with E-state index in [0.29, 0.717) is 22.0 Å². The minimum atomic E-state index is -0.194. The molecule has 1 heterocycles. The van der Waals surface area contributed by atoms with Crippen LogP contribution in [-0.2, 0) is 5.41 Å². The van der Waals surface area contributed by atoms with Crippen LogP contribution in [0, 0.1) is 4.77 Å². The maximum Gasteiger partial charge on any atom is 0.216 e. The molecule has 0 aliphatic rings. The van der Waals surface area contributed by atoms with Gasteiger partial charge in [0.25, 0.3) is 0 Å². The second kappa shape index (κ2) is 7.04. The summed E-state index contributed by atoms with van der Waals surface area (Å²) in [5, 5.41) is 11.5. The van der Waals surface area contributed by atoms with Crippen molar-refractivity contribution in [3.8, 4) is 17.2 Å². The zero-order valence-corrected chi connectivity index (χ0v) is 15.5. The number of benzene rings is 1. The van der Waals surface area contributed by atoms with Crippen LogP contribution in [0.2, 0.25) is 0 Å². The van der Waals surface area contributed by atoms with Gasteiger partial charge in [0.2, 0.25) is 10.5 Å². The molecular formula is C16H22N4O3S. The number of nitrogens with one attached hydrogen (secondary N) is 1. The minimum absolute atomic E-state index is 0.194. The molecular weight excluding hydrogens is 328 g/mol. The van der Waals surface area contributed by atoms with Crippen molar-refractivity contribution in [1.82, 2.24) is 14.9 Å². The SMILES string of the molecule is COc1cc(/C=N\n2c(C(C)(C)C)n[nH]c2=S)cc(OC)c1OC. The number of hydrogen-bond donors (Lipinski definition) is 1. The Morgan fingerprint density at radius 1 is 1.12 bits per heavy atom. The summed E-state index contributed by atoms with van der Waals surface area (Å²) in [6, 6.07) is 3.62. The van der Waals surface area contributed by atoms with Crippen molar-refractivity contribution >= 4 is 18.4 Å². The molecule has 1 aromatic carbocycles. The fourth-order valence-corrected chi connectivity index (χ4v) is 2.36. The average Bonchev–Trinajstić information content (AvgIpc) is 2.92. The first kappa shape index (κ1) is 18.0. The van der Waals surface area contributed by atoms with Gasteiger partial charge in [-0.3, -0.25) is 5.10 Å². The Labute approximate surface area is 146 Å². The molecule has 1 N–H and O–H groups in total. The lowest BCUT2D eigenvalue weighted by Crippen LogP contribution is -2.17. The highest BCUT2D eigenvalue weighted by Crippen LogP contribution is 2.37. The van der Waals surface area contributed by atoms with E-state index in [1.54, 1.807) is 32.2 Å². The highest BCUT2D eigenvalue weighted by molar-refractivity contribution is 7.71. The molecule has 0 bridgehead atoms. The van der Waals surface area contributed by atoms with E-state index in [4.69, 9.17) is 26.4 Å². The normalized spacial score (nSPS) is 11.8. The van der Waals surface area contributed by atoms with E-state index in [1.807, 2.05) is 32.9 Å². The lowest BCUT2D eigenvalue weighted by Gasteiger charge is -2.16. The molecule has 0 aliphatic carbocycles. The molecule has 0 saturated carbocycles. The third-order valence-electron chi connectivity index (χ3n) is 3.33. The van der Waals surface area contributed by atoms with Crippen LogP contribution in [0.25, 0.3) is 0 Å². The Morgan fingerprint density at radius 2 is 1.71 bits per heavy atom. The van der Waals surface area contributed by atoms with Crippen LogP contribution >= 0.6 is 12.2 Å². The molecule has 0 saturated heterocycles. The van der Waals surface area contributed by atoms with E-state index in [9.17, 15) is 0 Å². The molecule has 8 heteroatoms. The van der Waals surface area contributed by atoms with Gasteiger partial charge in [-0.25, -0.2) is 0 Å². The predicted molar refractivity (Wildman–Crippen MR) is 95.2 cm³/mol. The number of hydrogen-bond acceptors (Lipinski definition) is 6. The number of nitrogens with zero attached hydrogens (tertiary/aromatic N) is 3. The van der Waals surface area contributed by atoms with Crippen LogP contribution in [0.4, 0.5) is 0 Å². The topological polar surface area (TPSA) is 73.7 Å². The maximum atomic E-state index is 5.35. The van der Waals surface area contributed by atoms with Crippen LogP contribution in [0.5, 0.6) is 17.2 Å². The predicted octanol–water partition coefficient (Wildman–Crippen LogP) is 3.15. The number of aromatic amines is 1. The second-order valence-corrected chi connectivity index (χ2v) is 6.50. The van der Waals surface area contributed by atoms with Gasteiger partial charge in [0.05, 0.1) is 27.5 Å². The van der Waals surface area contributed by atoms with Crippen molar-refractivity contribution < 1.29 is 14.2 Å². The molecule has 0 fully saturated rings. The fraction of sp³-hybridized carbons (Fsp3) is 0.438. The molecule has 24 heavy (non-hydrogen) atoms. The van der Waals surface area contributed by atoms with E-state index in [2.05, 4.69) is 15.3 Å². The van der Waals surface area contributed by atoms with Gasteiger partial charge in [0.15, 0.2) is 17.3 Å². The molecule has 0 unspecified atom stereocenters. The van der Waals surface area contributed by atoms with Crippen molar-refractivity contribution in [1.29, 1.82) is 0 Å². The summed E-state index contributed by atoms with van der Waals surface area (Å²) in [5.74, 6) is 2.40. The van der Waals surface area contributed by atoms with E-state index >= 15 is 0 Å². The number of aromatic nitrogens is 3. The van der Waals surface area contributed by atoms with Gasteiger partial charge in [0, 0.05) is 11.0 Å². The average molecular weight is 350 g/mol. The van der Waals surface area contributed by atoms with Crippen molar-refractivity contribution in [3.63, 3.8) is 0 Å². The number of ether oxygens (including phenoxy) is 3. The van der Waals surface area contributed by atoms with Gasteiger partial charge < -0.3 is 14.2 Å². The summed E-state index contributed by atoms with van der Waals surface area (Å²) < 4.78 is 18.0. The summed E-state index contributed by atoms with van der Waals surface area (Å²) in [5.41, 5.74) is 0.590. The molecule has 130 valence electrons. The van der Waals surface area contributed by atoms with Gasteiger partial charge in [-0.2, -0.15) is 14.9 Å². The molecule has 0 amide bonds. The van der Waals surface area contributed by atoms with Crippen LogP contribution < -0.4 is 14.2 Å². The zero-order valence-electron chi connectivity index (χ0n) is 14.7. The lowest BCUT2D eigenvalue weighted by molar-refractivity contribution is 0.324. The summed E-state index contributed by atoms with van der Waals surface area (Å²) in [6.07, 6.45) is 1.67. The highest BCUT2D eigenvalue weighted by Gasteiger charge is 2.21. The van der Waals surface area contributed by atoms with Crippen molar-refractivity contribution in [2.75, 3.05) is 21.3 Å². The van der Waals surface area contributed by atoms with Gasteiger partial charge in [-0.15, -0.1) is 0 Å². The Bertz CT molecular complexity index is 777. The Morgan fingerprint density at radius 3 is 2.17 bits per heavy atom. The number of rotatable bonds is 5. The smallest absolute Gasteiger partial charge is 0.216 e. The summed E-state index contributed by atoms with van der Waals surface area (Å²) >= 11 is 5.26. The summed E-state index contributed by atoms with van der Waals surface area (Å²) in [4.78, 5) is 0.